The molecular weight excluding hydrogens is 276 g/mol. The van der Waals surface area contributed by atoms with Crippen LogP contribution in [0, 0.1) is 5.41 Å². The Kier molecular flexibility index (Phi) is 4.23. The van der Waals surface area contributed by atoms with E-state index in [0.29, 0.717) is 17.3 Å². The van der Waals surface area contributed by atoms with Crippen LogP contribution >= 0.6 is 11.6 Å². The van der Waals surface area contributed by atoms with Gasteiger partial charge in [-0.15, -0.1) is 0 Å². The van der Waals surface area contributed by atoms with E-state index < -0.39 is 5.97 Å². The lowest BCUT2D eigenvalue weighted by Gasteiger charge is -2.39. The Hall–Kier alpha value is -1.29. The van der Waals surface area contributed by atoms with Crippen LogP contribution in [0.25, 0.3) is 0 Å². The van der Waals surface area contributed by atoms with Crippen molar-refractivity contribution in [1.82, 2.24) is 4.98 Å². The Bertz CT molecular complexity index is 507. The number of rotatable bonds is 3. The summed E-state index contributed by atoms with van der Waals surface area (Å²) in [7, 11) is 1.98. The first kappa shape index (κ1) is 15.1. The second kappa shape index (κ2) is 5.60. The number of carboxylic acids is 1. The molecular formula is C15H21ClN2O2. The third kappa shape index (κ3) is 3.23. The minimum absolute atomic E-state index is 0.111. The quantitative estimate of drug-likeness (QED) is 0.921. The SMILES string of the molecule is CN(c1cc(C(=O)O)c(Cl)cn1)C1CCC(C)(C)CC1. The van der Waals surface area contributed by atoms with Gasteiger partial charge >= 0.3 is 5.97 Å². The van der Waals surface area contributed by atoms with Gasteiger partial charge in [-0.05, 0) is 37.2 Å². The van der Waals surface area contributed by atoms with Crippen LogP contribution in [0.4, 0.5) is 5.82 Å². The molecule has 0 unspecified atom stereocenters. The molecule has 1 aliphatic carbocycles. The summed E-state index contributed by atoms with van der Waals surface area (Å²) in [5, 5.41) is 9.30. The van der Waals surface area contributed by atoms with E-state index in [9.17, 15) is 4.79 Å². The topological polar surface area (TPSA) is 53.4 Å². The monoisotopic (exact) mass is 296 g/mol. The van der Waals surface area contributed by atoms with Crippen molar-refractivity contribution in [2.75, 3.05) is 11.9 Å². The van der Waals surface area contributed by atoms with Crippen molar-refractivity contribution in [2.45, 2.75) is 45.6 Å². The van der Waals surface area contributed by atoms with Gasteiger partial charge in [-0.2, -0.15) is 0 Å². The normalized spacial score (nSPS) is 18.8. The number of anilines is 1. The van der Waals surface area contributed by atoms with E-state index in [1.54, 1.807) is 6.07 Å². The molecule has 0 spiro atoms. The predicted molar refractivity (Wildman–Crippen MR) is 80.6 cm³/mol. The molecule has 1 aliphatic rings. The van der Waals surface area contributed by atoms with E-state index in [1.807, 2.05) is 7.05 Å². The van der Waals surface area contributed by atoms with Gasteiger partial charge in [-0.25, -0.2) is 9.78 Å². The first-order valence-corrected chi connectivity index (χ1v) is 7.30. The summed E-state index contributed by atoms with van der Waals surface area (Å²) < 4.78 is 0. The van der Waals surface area contributed by atoms with E-state index in [1.165, 1.54) is 19.0 Å². The molecule has 110 valence electrons. The third-order valence-corrected chi connectivity index (χ3v) is 4.59. The summed E-state index contributed by atoms with van der Waals surface area (Å²) in [6.07, 6.45) is 6.00. The van der Waals surface area contributed by atoms with Gasteiger partial charge in [-0.1, -0.05) is 25.4 Å². The Morgan fingerprint density at radius 2 is 2.05 bits per heavy atom. The number of carbonyl (C=O) groups is 1. The van der Waals surface area contributed by atoms with Crippen LogP contribution in [0.1, 0.15) is 49.9 Å². The average Bonchev–Trinajstić information content (AvgIpc) is 2.38. The molecule has 0 saturated heterocycles. The zero-order chi connectivity index (χ0) is 14.9. The van der Waals surface area contributed by atoms with Gasteiger partial charge in [0.1, 0.15) is 5.82 Å². The number of carboxylic acid groups (broad SMARTS) is 1. The van der Waals surface area contributed by atoms with Gasteiger partial charge in [0, 0.05) is 19.3 Å². The first-order valence-electron chi connectivity index (χ1n) is 6.92. The fourth-order valence-electron chi connectivity index (χ4n) is 2.74. The fraction of sp³-hybridized carbons (Fsp3) is 0.600. The van der Waals surface area contributed by atoms with Crippen LogP contribution in [0.5, 0.6) is 0 Å². The van der Waals surface area contributed by atoms with Gasteiger partial charge in [-0.3, -0.25) is 0 Å². The highest BCUT2D eigenvalue weighted by Crippen LogP contribution is 2.37. The number of hydrogen-bond donors (Lipinski definition) is 1. The fourth-order valence-corrected chi connectivity index (χ4v) is 2.93. The number of aromatic nitrogens is 1. The molecule has 0 atom stereocenters. The highest BCUT2D eigenvalue weighted by molar-refractivity contribution is 6.33. The van der Waals surface area contributed by atoms with Crippen LogP contribution < -0.4 is 4.90 Å². The van der Waals surface area contributed by atoms with Gasteiger partial charge in [0.15, 0.2) is 0 Å². The summed E-state index contributed by atoms with van der Waals surface area (Å²) in [5.74, 6) is -0.340. The molecule has 4 nitrogen and oxygen atoms in total. The second-order valence-corrected chi connectivity index (χ2v) is 6.74. The van der Waals surface area contributed by atoms with Crippen molar-refractivity contribution in [3.63, 3.8) is 0 Å². The number of pyridine rings is 1. The van der Waals surface area contributed by atoms with Crippen molar-refractivity contribution in [3.05, 3.63) is 22.8 Å². The van der Waals surface area contributed by atoms with Crippen LogP contribution in [-0.2, 0) is 0 Å². The minimum Gasteiger partial charge on any atom is -0.478 e. The van der Waals surface area contributed by atoms with Gasteiger partial charge in [0.05, 0.1) is 10.6 Å². The Labute approximate surface area is 124 Å². The molecule has 2 rings (SSSR count). The minimum atomic E-state index is -1.02. The molecule has 1 saturated carbocycles. The molecule has 0 aliphatic heterocycles. The lowest BCUT2D eigenvalue weighted by molar-refractivity contribution is 0.0697. The largest absolute Gasteiger partial charge is 0.478 e. The lowest BCUT2D eigenvalue weighted by atomic mass is 9.75. The summed E-state index contributed by atoms with van der Waals surface area (Å²) in [5.41, 5.74) is 0.524. The first-order chi connectivity index (χ1) is 9.30. The van der Waals surface area contributed by atoms with Crippen molar-refractivity contribution in [1.29, 1.82) is 0 Å². The predicted octanol–water partition coefficient (Wildman–Crippen LogP) is 3.84. The van der Waals surface area contributed by atoms with Gasteiger partial charge in [0.25, 0.3) is 0 Å². The van der Waals surface area contributed by atoms with E-state index in [4.69, 9.17) is 16.7 Å². The molecule has 0 amide bonds. The molecule has 0 bridgehead atoms. The van der Waals surface area contributed by atoms with E-state index in [0.717, 1.165) is 12.8 Å². The zero-order valence-electron chi connectivity index (χ0n) is 12.2. The van der Waals surface area contributed by atoms with E-state index >= 15 is 0 Å². The van der Waals surface area contributed by atoms with Crippen molar-refractivity contribution in [3.8, 4) is 0 Å². The van der Waals surface area contributed by atoms with Crippen LogP contribution in [-0.4, -0.2) is 29.1 Å². The molecule has 1 heterocycles. The maximum absolute atomic E-state index is 11.1. The maximum atomic E-state index is 11.1. The molecule has 1 aromatic heterocycles. The highest BCUT2D eigenvalue weighted by Gasteiger charge is 2.29. The van der Waals surface area contributed by atoms with Crippen molar-refractivity contribution in [2.24, 2.45) is 5.41 Å². The summed E-state index contributed by atoms with van der Waals surface area (Å²) >= 11 is 5.86. The van der Waals surface area contributed by atoms with E-state index in [-0.39, 0.29) is 10.6 Å². The maximum Gasteiger partial charge on any atom is 0.337 e. The summed E-state index contributed by atoms with van der Waals surface area (Å²) in [4.78, 5) is 17.5. The molecule has 5 heteroatoms. The van der Waals surface area contributed by atoms with Crippen LogP contribution in [0.2, 0.25) is 5.02 Å². The zero-order valence-corrected chi connectivity index (χ0v) is 12.9. The van der Waals surface area contributed by atoms with Crippen LogP contribution in [0.3, 0.4) is 0 Å². The summed E-state index contributed by atoms with van der Waals surface area (Å²) in [6.45, 7) is 4.60. The third-order valence-electron chi connectivity index (χ3n) is 4.29. The lowest BCUT2D eigenvalue weighted by Crippen LogP contribution is -2.37. The summed E-state index contributed by atoms with van der Waals surface area (Å²) in [6, 6.07) is 1.98. The van der Waals surface area contributed by atoms with Gasteiger partial charge in [0.2, 0.25) is 0 Å². The molecule has 1 aromatic rings. The molecule has 0 radical (unpaired) electrons. The number of halogens is 1. The Balaban J connectivity index is 2.15. The molecule has 0 aromatic carbocycles. The van der Waals surface area contributed by atoms with Crippen molar-refractivity contribution >= 4 is 23.4 Å². The van der Waals surface area contributed by atoms with E-state index in [2.05, 4.69) is 23.7 Å². The van der Waals surface area contributed by atoms with Crippen molar-refractivity contribution < 1.29 is 9.90 Å². The highest BCUT2D eigenvalue weighted by atomic mass is 35.5. The Morgan fingerprint density at radius 3 is 2.60 bits per heavy atom. The molecule has 1 fully saturated rings. The Morgan fingerprint density at radius 1 is 1.45 bits per heavy atom. The number of hydrogen-bond acceptors (Lipinski definition) is 3. The molecule has 1 N–H and O–H groups in total. The second-order valence-electron chi connectivity index (χ2n) is 6.33. The standard InChI is InChI=1S/C15H21ClN2O2/c1-15(2)6-4-10(5-7-15)18(3)13-8-11(14(19)20)12(16)9-17-13/h8-10H,4-7H2,1-3H3,(H,19,20). The number of aromatic carboxylic acids is 1. The molecule has 20 heavy (non-hydrogen) atoms. The van der Waals surface area contributed by atoms with Gasteiger partial charge < -0.3 is 10.0 Å². The average molecular weight is 297 g/mol. The smallest absolute Gasteiger partial charge is 0.337 e. The van der Waals surface area contributed by atoms with Crippen LogP contribution in [0.15, 0.2) is 12.3 Å². The number of nitrogens with zero attached hydrogens (tertiary/aromatic N) is 2.